The van der Waals surface area contributed by atoms with Gasteiger partial charge in [-0.2, -0.15) is 5.06 Å². The third-order valence-corrected chi connectivity index (χ3v) is 1.36. The largest absolute Gasteiger partial charge is 0.314 e. The molecule has 0 fully saturated rings. The van der Waals surface area contributed by atoms with E-state index in [2.05, 4.69) is 13.8 Å². The van der Waals surface area contributed by atoms with Gasteiger partial charge in [-0.3, -0.25) is 0 Å². The Morgan fingerprint density at radius 1 is 1.56 bits per heavy atom. The Balaban J connectivity index is 3.15. The zero-order valence-corrected chi connectivity index (χ0v) is 6.59. The van der Waals surface area contributed by atoms with Crippen molar-refractivity contribution in [1.82, 2.24) is 5.06 Å². The van der Waals surface area contributed by atoms with Gasteiger partial charge < -0.3 is 5.21 Å². The van der Waals surface area contributed by atoms with Gasteiger partial charge in [-0.25, -0.2) is 0 Å². The van der Waals surface area contributed by atoms with Crippen molar-refractivity contribution < 1.29 is 5.21 Å². The van der Waals surface area contributed by atoms with Crippen molar-refractivity contribution in [2.75, 3.05) is 13.6 Å². The van der Waals surface area contributed by atoms with Crippen LogP contribution in [0.25, 0.3) is 0 Å². The van der Waals surface area contributed by atoms with E-state index in [1.54, 1.807) is 7.05 Å². The maximum atomic E-state index is 8.78. The van der Waals surface area contributed by atoms with Crippen LogP contribution in [0.2, 0.25) is 0 Å². The molecule has 0 aliphatic carbocycles. The molecule has 0 aliphatic heterocycles. The maximum absolute atomic E-state index is 8.78. The number of hydroxylamine groups is 2. The number of rotatable bonds is 4. The molecule has 0 aliphatic rings. The molecule has 0 aromatic carbocycles. The molecule has 0 radical (unpaired) electrons. The van der Waals surface area contributed by atoms with Gasteiger partial charge >= 0.3 is 0 Å². The van der Waals surface area contributed by atoms with E-state index in [1.807, 2.05) is 0 Å². The van der Waals surface area contributed by atoms with E-state index in [0.29, 0.717) is 5.92 Å². The first-order chi connectivity index (χ1) is 4.16. The quantitative estimate of drug-likeness (QED) is 0.587. The normalized spacial score (nSPS) is 14.3. The monoisotopic (exact) mass is 131 g/mol. The lowest BCUT2D eigenvalue weighted by Gasteiger charge is -2.13. The van der Waals surface area contributed by atoms with Crippen LogP contribution in [0, 0.1) is 5.92 Å². The highest BCUT2D eigenvalue weighted by Gasteiger charge is 2.01. The third kappa shape index (κ3) is 5.80. The van der Waals surface area contributed by atoms with Gasteiger partial charge in [-0.05, 0) is 12.3 Å². The average Bonchev–Trinajstić information content (AvgIpc) is 1.63. The number of nitrogens with zero attached hydrogens (tertiary/aromatic N) is 1. The summed E-state index contributed by atoms with van der Waals surface area (Å²) in [5.41, 5.74) is 0. The van der Waals surface area contributed by atoms with Gasteiger partial charge in [0.2, 0.25) is 0 Å². The highest BCUT2D eigenvalue weighted by atomic mass is 16.5. The Morgan fingerprint density at radius 2 is 2.11 bits per heavy atom. The minimum atomic E-state index is 0.616. The van der Waals surface area contributed by atoms with Gasteiger partial charge in [0.05, 0.1) is 0 Å². The smallest absolute Gasteiger partial charge is 0.0260 e. The molecule has 1 atom stereocenters. The molecule has 0 aromatic heterocycles. The molecule has 0 rings (SSSR count). The summed E-state index contributed by atoms with van der Waals surface area (Å²) in [6, 6.07) is 0. The molecule has 0 heterocycles. The minimum absolute atomic E-state index is 0.616. The highest BCUT2D eigenvalue weighted by Crippen LogP contribution is 2.04. The molecular formula is C7H17NO. The Labute approximate surface area is 57.4 Å². The van der Waals surface area contributed by atoms with Gasteiger partial charge in [0, 0.05) is 13.6 Å². The second kappa shape index (κ2) is 4.77. The lowest BCUT2D eigenvalue weighted by atomic mass is 10.1. The zero-order chi connectivity index (χ0) is 7.28. The van der Waals surface area contributed by atoms with Crippen LogP contribution in [0.5, 0.6) is 0 Å². The van der Waals surface area contributed by atoms with Crippen LogP contribution < -0.4 is 0 Å². The third-order valence-electron chi connectivity index (χ3n) is 1.36. The van der Waals surface area contributed by atoms with Crippen LogP contribution in [0.15, 0.2) is 0 Å². The van der Waals surface area contributed by atoms with Crippen LogP contribution in [0.1, 0.15) is 26.7 Å². The maximum Gasteiger partial charge on any atom is 0.0260 e. The summed E-state index contributed by atoms with van der Waals surface area (Å²) in [6.07, 6.45) is 2.40. The van der Waals surface area contributed by atoms with Crippen molar-refractivity contribution in [2.24, 2.45) is 5.92 Å². The van der Waals surface area contributed by atoms with Gasteiger partial charge in [-0.1, -0.05) is 20.3 Å². The first-order valence-corrected chi connectivity index (χ1v) is 3.56. The minimum Gasteiger partial charge on any atom is -0.314 e. The van der Waals surface area contributed by atoms with Gasteiger partial charge in [0.1, 0.15) is 0 Å². The van der Waals surface area contributed by atoms with Crippen molar-refractivity contribution in [3.05, 3.63) is 0 Å². The summed E-state index contributed by atoms with van der Waals surface area (Å²) < 4.78 is 0. The van der Waals surface area contributed by atoms with Crippen LogP contribution in [0.4, 0.5) is 0 Å². The fraction of sp³-hybridized carbons (Fsp3) is 1.00. The number of hydrogen-bond acceptors (Lipinski definition) is 2. The summed E-state index contributed by atoms with van der Waals surface area (Å²) in [6.45, 7) is 5.10. The van der Waals surface area contributed by atoms with Crippen molar-refractivity contribution in [3.63, 3.8) is 0 Å². The van der Waals surface area contributed by atoms with E-state index in [1.165, 1.54) is 17.9 Å². The first-order valence-electron chi connectivity index (χ1n) is 3.56. The van der Waals surface area contributed by atoms with E-state index >= 15 is 0 Å². The second-order valence-electron chi connectivity index (χ2n) is 2.73. The lowest BCUT2D eigenvalue weighted by molar-refractivity contribution is -0.0750. The Kier molecular flexibility index (Phi) is 4.72. The molecule has 9 heavy (non-hydrogen) atoms. The van der Waals surface area contributed by atoms with Gasteiger partial charge in [0.25, 0.3) is 0 Å². The molecular weight excluding hydrogens is 114 g/mol. The summed E-state index contributed by atoms with van der Waals surface area (Å²) in [5, 5.41) is 10.0. The summed E-state index contributed by atoms with van der Waals surface area (Å²) in [4.78, 5) is 0. The van der Waals surface area contributed by atoms with E-state index < -0.39 is 0 Å². The molecule has 1 N–H and O–H groups in total. The summed E-state index contributed by atoms with van der Waals surface area (Å²) in [7, 11) is 1.69. The van der Waals surface area contributed by atoms with E-state index in [9.17, 15) is 0 Å². The lowest BCUT2D eigenvalue weighted by Crippen LogP contribution is -2.20. The fourth-order valence-electron chi connectivity index (χ4n) is 1.04. The fourth-order valence-corrected chi connectivity index (χ4v) is 1.04. The Hall–Kier alpha value is -0.0800. The molecule has 1 unspecified atom stereocenters. The summed E-state index contributed by atoms with van der Waals surface area (Å²) in [5.74, 6) is 0.616. The van der Waals surface area contributed by atoms with Crippen molar-refractivity contribution in [1.29, 1.82) is 0 Å². The van der Waals surface area contributed by atoms with E-state index in [0.717, 1.165) is 6.54 Å². The SMILES string of the molecule is CCCC(C)CN(C)O. The molecule has 0 saturated heterocycles. The van der Waals surface area contributed by atoms with E-state index in [-0.39, 0.29) is 0 Å². The molecule has 0 saturated carbocycles. The molecule has 0 spiro atoms. The van der Waals surface area contributed by atoms with Crippen molar-refractivity contribution >= 4 is 0 Å². The van der Waals surface area contributed by atoms with E-state index in [4.69, 9.17) is 5.21 Å². The van der Waals surface area contributed by atoms with Crippen molar-refractivity contribution in [2.45, 2.75) is 26.7 Å². The van der Waals surface area contributed by atoms with Crippen LogP contribution >= 0.6 is 0 Å². The molecule has 56 valence electrons. The van der Waals surface area contributed by atoms with Gasteiger partial charge in [-0.15, -0.1) is 0 Å². The molecule has 0 aromatic rings. The molecule has 0 bridgehead atoms. The first kappa shape index (κ1) is 8.92. The Morgan fingerprint density at radius 3 is 2.44 bits per heavy atom. The topological polar surface area (TPSA) is 23.5 Å². The standard InChI is InChI=1S/C7H17NO/c1-4-5-7(2)6-8(3)9/h7,9H,4-6H2,1-3H3. The van der Waals surface area contributed by atoms with Crippen LogP contribution in [0.3, 0.4) is 0 Å². The van der Waals surface area contributed by atoms with Crippen molar-refractivity contribution in [3.8, 4) is 0 Å². The highest BCUT2D eigenvalue weighted by molar-refractivity contribution is 4.51. The molecule has 2 nitrogen and oxygen atoms in total. The average molecular weight is 131 g/mol. The van der Waals surface area contributed by atoms with Crippen LogP contribution in [-0.2, 0) is 0 Å². The molecule has 0 amide bonds. The predicted molar refractivity (Wildman–Crippen MR) is 38.5 cm³/mol. The number of hydrogen-bond donors (Lipinski definition) is 1. The predicted octanol–water partition coefficient (Wildman–Crippen LogP) is 1.74. The zero-order valence-electron chi connectivity index (χ0n) is 6.59. The van der Waals surface area contributed by atoms with Crippen LogP contribution in [-0.4, -0.2) is 23.9 Å². The molecule has 2 heteroatoms. The summed E-state index contributed by atoms with van der Waals surface area (Å²) >= 11 is 0. The second-order valence-corrected chi connectivity index (χ2v) is 2.73. The van der Waals surface area contributed by atoms with Gasteiger partial charge in [0.15, 0.2) is 0 Å². The Bertz CT molecular complexity index is 63.9.